The Hall–Kier alpha value is -0.200. The van der Waals surface area contributed by atoms with Crippen LogP contribution in [0.25, 0.3) is 0 Å². The number of ether oxygens (including phenoxy) is 5. The molecule has 0 radical (unpaired) electrons. The van der Waals surface area contributed by atoms with Crippen molar-refractivity contribution >= 4 is 0 Å². The fourth-order valence-corrected chi connectivity index (χ4v) is 2.33. The first-order chi connectivity index (χ1) is 7.11. The van der Waals surface area contributed by atoms with Gasteiger partial charge in [-0.2, -0.15) is 0 Å². The molecule has 0 unspecified atom stereocenters. The molecule has 5 heteroatoms. The highest BCUT2D eigenvalue weighted by Crippen LogP contribution is 2.42. The molecule has 0 N–H and O–H groups in total. The van der Waals surface area contributed by atoms with Crippen molar-refractivity contribution in [2.45, 2.75) is 50.3 Å². The summed E-state index contributed by atoms with van der Waals surface area (Å²) in [6.07, 6.45) is -0.459. The monoisotopic (exact) mass is 216 g/mol. The van der Waals surface area contributed by atoms with Crippen LogP contribution in [0, 0.1) is 0 Å². The molecule has 5 atom stereocenters. The van der Waals surface area contributed by atoms with E-state index in [1.807, 2.05) is 13.8 Å². The van der Waals surface area contributed by atoms with Crippen LogP contribution < -0.4 is 0 Å². The number of hydrogen-bond acceptors (Lipinski definition) is 5. The SMILES string of the molecule is CO[C@H]1O[C@@H]([C@@H]2CO2)[C@@H]2OC(C)(C)O[C@H]12. The van der Waals surface area contributed by atoms with Crippen molar-refractivity contribution in [3.63, 3.8) is 0 Å². The lowest BCUT2D eigenvalue weighted by Gasteiger charge is -2.22. The van der Waals surface area contributed by atoms with E-state index in [1.165, 1.54) is 0 Å². The lowest BCUT2D eigenvalue weighted by molar-refractivity contribution is -0.228. The molecule has 0 aliphatic carbocycles. The van der Waals surface area contributed by atoms with Gasteiger partial charge < -0.3 is 23.7 Å². The Bertz CT molecular complexity index is 263. The maximum absolute atomic E-state index is 5.81. The van der Waals surface area contributed by atoms with Gasteiger partial charge in [-0.25, -0.2) is 0 Å². The van der Waals surface area contributed by atoms with Crippen LogP contribution in [0.1, 0.15) is 13.8 Å². The number of fused-ring (bicyclic) bond motifs is 1. The summed E-state index contributed by atoms with van der Waals surface area (Å²) in [6, 6.07) is 0. The molecule has 3 rings (SSSR count). The van der Waals surface area contributed by atoms with Crippen LogP contribution in [-0.2, 0) is 23.7 Å². The van der Waals surface area contributed by atoms with E-state index in [0.29, 0.717) is 0 Å². The quantitative estimate of drug-likeness (QED) is 0.620. The molecule has 3 saturated heterocycles. The van der Waals surface area contributed by atoms with Gasteiger partial charge in [0.1, 0.15) is 24.4 Å². The standard InChI is InChI=1S/C10H16O5/c1-10(2)14-7-6(5-4-12-5)13-9(11-3)8(7)15-10/h5-9H,4H2,1-3H3/t5-,6-,7-,8-,9-/m0/s1. The average molecular weight is 216 g/mol. The average Bonchev–Trinajstić information content (AvgIpc) is 2.87. The van der Waals surface area contributed by atoms with E-state index < -0.39 is 5.79 Å². The minimum atomic E-state index is -0.553. The van der Waals surface area contributed by atoms with Gasteiger partial charge in [0.25, 0.3) is 0 Å². The third-order valence-electron chi connectivity index (χ3n) is 3.00. The van der Waals surface area contributed by atoms with Crippen molar-refractivity contribution < 1.29 is 23.7 Å². The molecule has 0 amide bonds. The maximum Gasteiger partial charge on any atom is 0.186 e. The summed E-state index contributed by atoms with van der Waals surface area (Å²) in [6.45, 7) is 4.56. The molecule has 86 valence electrons. The summed E-state index contributed by atoms with van der Waals surface area (Å²) >= 11 is 0. The summed E-state index contributed by atoms with van der Waals surface area (Å²) in [5.74, 6) is -0.553. The number of epoxide rings is 1. The third kappa shape index (κ3) is 1.59. The van der Waals surface area contributed by atoms with E-state index >= 15 is 0 Å². The number of methoxy groups -OCH3 is 1. The largest absolute Gasteiger partial charge is 0.370 e. The van der Waals surface area contributed by atoms with Crippen molar-refractivity contribution in [3.8, 4) is 0 Å². The topological polar surface area (TPSA) is 49.5 Å². The van der Waals surface area contributed by atoms with Crippen LogP contribution in [0.4, 0.5) is 0 Å². The van der Waals surface area contributed by atoms with E-state index in [0.717, 1.165) is 6.61 Å². The molecule has 5 nitrogen and oxygen atoms in total. The second kappa shape index (κ2) is 3.15. The molecule has 15 heavy (non-hydrogen) atoms. The molecule has 0 aromatic rings. The molecule has 3 fully saturated rings. The van der Waals surface area contributed by atoms with Crippen LogP contribution in [0.15, 0.2) is 0 Å². The molecule has 0 spiro atoms. The Kier molecular flexibility index (Phi) is 2.10. The van der Waals surface area contributed by atoms with Gasteiger partial charge in [-0.15, -0.1) is 0 Å². The predicted octanol–water partition coefficient (Wildman–Crippen LogP) is 0.277. The first kappa shape index (κ1) is 9.99. The van der Waals surface area contributed by atoms with Crippen molar-refractivity contribution in [1.82, 2.24) is 0 Å². The van der Waals surface area contributed by atoms with Gasteiger partial charge in [0, 0.05) is 7.11 Å². The Balaban J connectivity index is 1.79. The maximum atomic E-state index is 5.81. The van der Waals surface area contributed by atoms with Gasteiger partial charge in [-0.1, -0.05) is 0 Å². The van der Waals surface area contributed by atoms with Crippen molar-refractivity contribution in [3.05, 3.63) is 0 Å². The van der Waals surface area contributed by atoms with Crippen molar-refractivity contribution in [1.29, 1.82) is 0 Å². The molecule has 3 aliphatic heterocycles. The zero-order chi connectivity index (χ0) is 10.6. The van der Waals surface area contributed by atoms with Gasteiger partial charge in [0.05, 0.1) is 6.61 Å². The lowest BCUT2D eigenvalue weighted by Crippen LogP contribution is -2.33. The molecule has 0 bridgehead atoms. The van der Waals surface area contributed by atoms with Crippen molar-refractivity contribution in [2.75, 3.05) is 13.7 Å². The fraction of sp³-hybridized carbons (Fsp3) is 1.00. The minimum Gasteiger partial charge on any atom is -0.370 e. The first-order valence-corrected chi connectivity index (χ1v) is 5.26. The molecule has 3 heterocycles. The van der Waals surface area contributed by atoms with Gasteiger partial charge in [0.2, 0.25) is 0 Å². The second-order valence-electron chi connectivity index (χ2n) is 4.64. The van der Waals surface area contributed by atoms with Crippen LogP contribution >= 0.6 is 0 Å². The summed E-state index contributed by atoms with van der Waals surface area (Å²) < 4.78 is 27.8. The highest BCUT2D eigenvalue weighted by atomic mass is 16.8. The fourth-order valence-electron chi connectivity index (χ4n) is 2.33. The third-order valence-corrected chi connectivity index (χ3v) is 3.00. The zero-order valence-corrected chi connectivity index (χ0v) is 9.14. The summed E-state index contributed by atoms with van der Waals surface area (Å²) in [7, 11) is 1.62. The van der Waals surface area contributed by atoms with Gasteiger partial charge in [0.15, 0.2) is 12.1 Å². The van der Waals surface area contributed by atoms with Crippen molar-refractivity contribution in [2.24, 2.45) is 0 Å². The van der Waals surface area contributed by atoms with Gasteiger partial charge in [-0.3, -0.25) is 0 Å². The summed E-state index contributed by atoms with van der Waals surface area (Å²) in [4.78, 5) is 0. The molecule has 0 aromatic heterocycles. The molecular weight excluding hydrogens is 200 g/mol. The van der Waals surface area contributed by atoms with E-state index in [2.05, 4.69) is 0 Å². The second-order valence-corrected chi connectivity index (χ2v) is 4.64. The normalized spacial score (nSPS) is 51.8. The predicted molar refractivity (Wildman–Crippen MR) is 49.2 cm³/mol. The van der Waals surface area contributed by atoms with Crippen LogP contribution in [0.2, 0.25) is 0 Å². The molecule has 3 aliphatic rings. The van der Waals surface area contributed by atoms with Crippen LogP contribution in [0.5, 0.6) is 0 Å². The van der Waals surface area contributed by atoms with Gasteiger partial charge >= 0.3 is 0 Å². The summed E-state index contributed by atoms with van der Waals surface area (Å²) in [5, 5.41) is 0. The number of hydrogen-bond donors (Lipinski definition) is 0. The first-order valence-electron chi connectivity index (χ1n) is 5.26. The van der Waals surface area contributed by atoms with E-state index in [4.69, 9.17) is 23.7 Å². The minimum absolute atomic E-state index is 0.0540. The van der Waals surface area contributed by atoms with Gasteiger partial charge in [-0.05, 0) is 13.8 Å². The van der Waals surface area contributed by atoms with Crippen LogP contribution in [-0.4, -0.2) is 50.2 Å². The number of rotatable bonds is 2. The zero-order valence-electron chi connectivity index (χ0n) is 9.14. The highest BCUT2D eigenvalue weighted by Gasteiger charge is 2.59. The lowest BCUT2D eigenvalue weighted by atomic mass is 10.1. The highest BCUT2D eigenvalue weighted by molar-refractivity contribution is 5.00. The molecular formula is C10H16O5. The van der Waals surface area contributed by atoms with Crippen LogP contribution in [0.3, 0.4) is 0 Å². The Morgan fingerprint density at radius 2 is 1.80 bits per heavy atom. The summed E-state index contributed by atoms with van der Waals surface area (Å²) in [5.41, 5.74) is 0. The molecule has 0 saturated carbocycles. The Morgan fingerprint density at radius 3 is 2.40 bits per heavy atom. The van der Waals surface area contributed by atoms with E-state index in [9.17, 15) is 0 Å². The molecule has 0 aromatic carbocycles. The smallest absolute Gasteiger partial charge is 0.186 e. The van der Waals surface area contributed by atoms with E-state index in [1.54, 1.807) is 7.11 Å². The Morgan fingerprint density at radius 1 is 1.13 bits per heavy atom. The van der Waals surface area contributed by atoms with E-state index in [-0.39, 0.29) is 30.7 Å². The Labute approximate surface area is 88.6 Å².